The molecular formula is C20H24N2O4. The summed E-state index contributed by atoms with van der Waals surface area (Å²) in [5.74, 6) is -0.618. The van der Waals surface area contributed by atoms with E-state index in [1.54, 1.807) is 13.0 Å². The summed E-state index contributed by atoms with van der Waals surface area (Å²) in [7, 11) is 1.36. The average Bonchev–Trinajstić information content (AvgIpc) is 2.96. The van der Waals surface area contributed by atoms with Crippen molar-refractivity contribution in [2.75, 3.05) is 12.4 Å². The third-order valence-electron chi connectivity index (χ3n) is 4.25. The lowest BCUT2D eigenvalue weighted by Crippen LogP contribution is -2.15. The number of carbonyl (C=O) groups excluding carboxylic acids is 3. The van der Waals surface area contributed by atoms with Crippen LogP contribution in [0.3, 0.4) is 0 Å². The van der Waals surface area contributed by atoms with Crippen LogP contribution < -0.4 is 5.32 Å². The van der Waals surface area contributed by atoms with Crippen molar-refractivity contribution in [1.82, 2.24) is 4.98 Å². The lowest BCUT2D eigenvalue weighted by atomic mass is 10.0. The Kier molecular flexibility index (Phi) is 6.33. The molecule has 2 aromatic rings. The summed E-state index contributed by atoms with van der Waals surface area (Å²) in [6.07, 6.45) is 1.40. The van der Waals surface area contributed by atoms with E-state index in [0.29, 0.717) is 35.5 Å². The molecule has 0 atom stereocenters. The number of aromatic amines is 1. The van der Waals surface area contributed by atoms with E-state index in [1.165, 1.54) is 14.0 Å². The molecule has 0 saturated carbocycles. The maximum absolute atomic E-state index is 12.7. The van der Waals surface area contributed by atoms with Gasteiger partial charge in [-0.1, -0.05) is 19.1 Å². The van der Waals surface area contributed by atoms with Crippen LogP contribution in [0.2, 0.25) is 0 Å². The average molecular weight is 356 g/mol. The van der Waals surface area contributed by atoms with Crippen LogP contribution in [0.5, 0.6) is 0 Å². The topological polar surface area (TPSA) is 88.3 Å². The van der Waals surface area contributed by atoms with E-state index in [9.17, 15) is 14.4 Å². The largest absolute Gasteiger partial charge is 0.469 e. The van der Waals surface area contributed by atoms with Crippen molar-refractivity contribution in [3.05, 3.63) is 52.3 Å². The highest BCUT2D eigenvalue weighted by Gasteiger charge is 2.21. The lowest BCUT2D eigenvalue weighted by Gasteiger charge is -2.08. The van der Waals surface area contributed by atoms with E-state index in [0.717, 1.165) is 11.1 Å². The first-order valence-corrected chi connectivity index (χ1v) is 8.56. The highest BCUT2D eigenvalue weighted by molar-refractivity contribution is 6.07. The van der Waals surface area contributed by atoms with E-state index >= 15 is 0 Å². The second-order valence-electron chi connectivity index (χ2n) is 6.12. The first kappa shape index (κ1) is 19.4. The second-order valence-corrected chi connectivity index (χ2v) is 6.12. The summed E-state index contributed by atoms with van der Waals surface area (Å²) >= 11 is 0. The minimum atomic E-state index is -0.289. The van der Waals surface area contributed by atoms with Gasteiger partial charge in [0.05, 0.1) is 7.11 Å². The van der Waals surface area contributed by atoms with Crippen LogP contribution in [-0.2, 0) is 22.4 Å². The molecule has 0 fully saturated rings. The molecule has 0 spiro atoms. The number of Topliss-reactive ketones (excluding diaryl/α,β-unsaturated/α-hetero) is 1. The summed E-state index contributed by atoms with van der Waals surface area (Å²) in [5, 5.41) is 2.86. The van der Waals surface area contributed by atoms with E-state index in [1.807, 2.05) is 25.1 Å². The third kappa shape index (κ3) is 4.39. The van der Waals surface area contributed by atoms with Gasteiger partial charge in [-0.2, -0.15) is 0 Å². The zero-order valence-corrected chi connectivity index (χ0v) is 15.6. The predicted octanol–water partition coefficient (Wildman–Crippen LogP) is 3.45. The Bertz CT molecular complexity index is 836. The van der Waals surface area contributed by atoms with Gasteiger partial charge in [0.15, 0.2) is 5.78 Å². The molecule has 138 valence electrons. The summed E-state index contributed by atoms with van der Waals surface area (Å²) in [6, 6.07) is 7.33. The van der Waals surface area contributed by atoms with Gasteiger partial charge < -0.3 is 15.0 Å². The van der Waals surface area contributed by atoms with E-state index in [-0.39, 0.29) is 24.1 Å². The Balaban J connectivity index is 2.19. The third-order valence-corrected chi connectivity index (χ3v) is 4.25. The van der Waals surface area contributed by atoms with Crippen LogP contribution in [0.4, 0.5) is 5.69 Å². The quantitative estimate of drug-likeness (QED) is 0.587. The molecule has 2 N–H and O–H groups in total. The molecule has 0 aliphatic heterocycles. The van der Waals surface area contributed by atoms with E-state index < -0.39 is 0 Å². The number of hydrogen-bond donors (Lipinski definition) is 2. The number of benzene rings is 1. The summed E-state index contributed by atoms with van der Waals surface area (Å²) < 4.78 is 4.64. The van der Waals surface area contributed by atoms with Gasteiger partial charge in [0.25, 0.3) is 5.91 Å². The van der Waals surface area contributed by atoms with Crippen LogP contribution >= 0.6 is 0 Å². The van der Waals surface area contributed by atoms with Crippen molar-refractivity contribution < 1.29 is 19.1 Å². The minimum absolute atomic E-state index is 0.0561. The van der Waals surface area contributed by atoms with Crippen molar-refractivity contribution in [3.63, 3.8) is 0 Å². The molecule has 0 saturated heterocycles. The van der Waals surface area contributed by atoms with Crippen LogP contribution in [0.1, 0.15) is 57.9 Å². The van der Waals surface area contributed by atoms with E-state index in [2.05, 4.69) is 15.0 Å². The fourth-order valence-electron chi connectivity index (χ4n) is 3.05. The summed E-state index contributed by atoms with van der Waals surface area (Å²) in [6.45, 7) is 5.21. The number of nitrogens with one attached hydrogen (secondary N) is 2. The highest BCUT2D eigenvalue weighted by Crippen LogP contribution is 2.22. The van der Waals surface area contributed by atoms with Crippen molar-refractivity contribution in [2.45, 2.75) is 40.0 Å². The van der Waals surface area contributed by atoms with Gasteiger partial charge >= 0.3 is 5.97 Å². The van der Waals surface area contributed by atoms with Crippen LogP contribution in [0.15, 0.2) is 24.3 Å². The molecule has 1 amide bonds. The number of hydrogen-bond acceptors (Lipinski definition) is 4. The number of carbonyl (C=O) groups is 3. The van der Waals surface area contributed by atoms with Crippen molar-refractivity contribution >= 4 is 23.3 Å². The molecular weight excluding hydrogens is 332 g/mol. The fraction of sp³-hybridized carbons (Fsp3) is 0.350. The van der Waals surface area contributed by atoms with Gasteiger partial charge in [-0.05, 0) is 49.9 Å². The molecule has 1 aromatic heterocycles. The molecule has 6 heteroatoms. The number of H-pyrrole nitrogens is 1. The zero-order valence-electron chi connectivity index (χ0n) is 15.6. The fourth-order valence-corrected chi connectivity index (χ4v) is 3.05. The van der Waals surface area contributed by atoms with Gasteiger partial charge in [0.1, 0.15) is 5.69 Å². The normalized spacial score (nSPS) is 10.5. The number of rotatable bonds is 7. The Morgan fingerprint density at radius 3 is 2.58 bits per heavy atom. The molecule has 0 aliphatic rings. The number of aryl methyl sites for hydroxylation is 2. The monoisotopic (exact) mass is 356 g/mol. The maximum Gasteiger partial charge on any atom is 0.305 e. The SMILES string of the molecule is CCc1c(C(=O)Nc2cccc(CCC(=O)OC)c2)[nH]c(C)c1C(C)=O. The van der Waals surface area contributed by atoms with Crippen molar-refractivity contribution in [2.24, 2.45) is 0 Å². The predicted molar refractivity (Wildman–Crippen MR) is 99.6 cm³/mol. The van der Waals surface area contributed by atoms with Gasteiger partial charge in [0.2, 0.25) is 0 Å². The van der Waals surface area contributed by atoms with Crippen molar-refractivity contribution in [3.8, 4) is 0 Å². The number of amides is 1. The molecule has 0 unspecified atom stereocenters. The van der Waals surface area contributed by atoms with Crippen LogP contribution in [0, 0.1) is 6.92 Å². The molecule has 0 bridgehead atoms. The zero-order chi connectivity index (χ0) is 19.3. The number of anilines is 1. The first-order chi connectivity index (χ1) is 12.4. The molecule has 6 nitrogen and oxygen atoms in total. The number of methoxy groups -OCH3 is 1. The molecule has 1 heterocycles. The Morgan fingerprint density at radius 1 is 1.23 bits per heavy atom. The Labute approximate surface area is 152 Å². The minimum Gasteiger partial charge on any atom is -0.469 e. The summed E-state index contributed by atoms with van der Waals surface area (Å²) in [5.41, 5.74) is 3.99. The van der Waals surface area contributed by atoms with E-state index in [4.69, 9.17) is 0 Å². The summed E-state index contributed by atoms with van der Waals surface area (Å²) in [4.78, 5) is 38.8. The van der Waals surface area contributed by atoms with Crippen LogP contribution in [0.25, 0.3) is 0 Å². The Hall–Kier alpha value is -2.89. The van der Waals surface area contributed by atoms with Gasteiger partial charge in [0, 0.05) is 23.4 Å². The van der Waals surface area contributed by atoms with Gasteiger partial charge in [-0.25, -0.2) is 0 Å². The highest BCUT2D eigenvalue weighted by atomic mass is 16.5. The maximum atomic E-state index is 12.7. The lowest BCUT2D eigenvalue weighted by molar-refractivity contribution is -0.140. The second kappa shape index (κ2) is 8.47. The molecule has 0 aliphatic carbocycles. The van der Waals surface area contributed by atoms with Crippen LogP contribution in [-0.4, -0.2) is 29.8 Å². The molecule has 2 rings (SSSR count). The number of ketones is 1. The Morgan fingerprint density at radius 2 is 1.96 bits per heavy atom. The molecule has 0 radical (unpaired) electrons. The number of esters is 1. The first-order valence-electron chi connectivity index (χ1n) is 8.56. The molecule has 26 heavy (non-hydrogen) atoms. The number of ether oxygens (including phenoxy) is 1. The standard InChI is InChI=1S/C20H24N2O4/c1-5-16-18(13(3)23)12(2)21-19(16)20(25)22-15-8-6-7-14(11-15)9-10-17(24)26-4/h6-8,11,21H,5,9-10H2,1-4H3,(H,22,25). The number of aromatic nitrogens is 1. The van der Waals surface area contributed by atoms with Gasteiger partial charge in [-0.3, -0.25) is 14.4 Å². The van der Waals surface area contributed by atoms with Crippen molar-refractivity contribution in [1.29, 1.82) is 0 Å². The van der Waals surface area contributed by atoms with Gasteiger partial charge in [-0.15, -0.1) is 0 Å². The molecule has 1 aromatic carbocycles. The smallest absolute Gasteiger partial charge is 0.305 e.